The van der Waals surface area contributed by atoms with Crippen LogP contribution in [0.25, 0.3) is 0 Å². The van der Waals surface area contributed by atoms with E-state index in [1.165, 1.54) is 38.5 Å². The zero-order chi connectivity index (χ0) is 12.7. The van der Waals surface area contributed by atoms with Gasteiger partial charge in [0.05, 0.1) is 5.75 Å². The third-order valence-electron chi connectivity index (χ3n) is 3.36. The van der Waals surface area contributed by atoms with Gasteiger partial charge in [-0.2, -0.15) is 0 Å². The van der Waals surface area contributed by atoms with Gasteiger partial charge in [-0.3, -0.25) is 0 Å². The first-order chi connectivity index (χ1) is 7.97. The molecular weight excluding hydrogens is 236 g/mol. The molecule has 102 valence electrons. The highest BCUT2D eigenvalue weighted by Gasteiger charge is 2.16. The van der Waals surface area contributed by atoms with Crippen molar-refractivity contribution in [2.24, 2.45) is 5.92 Å². The summed E-state index contributed by atoms with van der Waals surface area (Å²) in [7, 11) is -0.670. The topological polar surface area (TPSA) is 49.4 Å². The van der Waals surface area contributed by atoms with Crippen molar-refractivity contribution in [1.29, 1.82) is 0 Å². The van der Waals surface area contributed by atoms with Crippen molar-refractivity contribution in [3.05, 3.63) is 0 Å². The minimum absolute atomic E-state index is 0.235. The number of nitrogens with zero attached hydrogens (tertiary/aromatic N) is 1. The SMILES string of the molecule is CN(CCNCCS(C)(=O)=O)CC1CCCC1. The van der Waals surface area contributed by atoms with Crippen LogP contribution in [0.2, 0.25) is 0 Å². The Morgan fingerprint density at radius 1 is 1.24 bits per heavy atom. The first-order valence-corrected chi connectivity index (χ1v) is 8.60. The fourth-order valence-electron chi connectivity index (χ4n) is 2.38. The minimum atomic E-state index is -2.82. The summed E-state index contributed by atoms with van der Waals surface area (Å²) in [6, 6.07) is 0. The van der Waals surface area contributed by atoms with Gasteiger partial charge in [0.15, 0.2) is 0 Å². The maximum atomic E-state index is 10.9. The Morgan fingerprint density at radius 3 is 2.47 bits per heavy atom. The predicted octanol–water partition coefficient (Wildman–Crippen LogP) is 0.743. The van der Waals surface area contributed by atoms with Crippen LogP contribution in [0.1, 0.15) is 25.7 Å². The van der Waals surface area contributed by atoms with Crippen LogP contribution in [-0.4, -0.2) is 58.6 Å². The molecule has 0 atom stereocenters. The van der Waals surface area contributed by atoms with E-state index in [1.807, 2.05) is 0 Å². The van der Waals surface area contributed by atoms with E-state index in [4.69, 9.17) is 0 Å². The molecule has 0 amide bonds. The minimum Gasteiger partial charge on any atom is -0.314 e. The van der Waals surface area contributed by atoms with Gasteiger partial charge in [0, 0.05) is 32.4 Å². The van der Waals surface area contributed by atoms with Gasteiger partial charge in [-0.15, -0.1) is 0 Å². The van der Waals surface area contributed by atoms with Crippen LogP contribution >= 0.6 is 0 Å². The van der Waals surface area contributed by atoms with Gasteiger partial charge in [-0.25, -0.2) is 8.42 Å². The Bertz CT molecular complexity index is 298. The molecule has 0 bridgehead atoms. The van der Waals surface area contributed by atoms with Gasteiger partial charge in [0.1, 0.15) is 9.84 Å². The Labute approximate surface area is 106 Å². The van der Waals surface area contributed by atoms with E-state index in [0.717, 1.165) is 19.0 Å². The number of rotatable bonds is 8. The summed E-state index contributed by atoms with van der Waals surface area (Å²) >= 11 is 0. The number of nitrogens with one attached hydrogen (secondary N) is 1. The quantitative estimate of drug-likeness (QED) is 0.656. The summed E-state index contributed by atoms with van der Waals surface area (Å²) in [5.41, 5.74) is 0. The fourth-order valence-corrected chi connectivity index (χ4v) is 2.89. The standard InChI is InChI=1S/C12H26N2O2S/c1-14(11-12-5-3-4-6-12)9-7-13-8-10-17(2,15)16/h12-13H,3-11H2,1-2H3. The number of likely N-dealkylation sites (N-methyl/N-ethyl adjacent to an activating group) is 1. The van der Waals surface area contributed by atoms with Crippen molar-refractivity contribution >= 4 is 9.84 Å². The van der Waals surface area contributed by atoms with E-state index in [9.17, 15) is 8.42 Å². The molecule has 0 aromatic carbocycles. The molecular formula is C12H26N2O2S. The molecule has 1 N–H and O–H groups in total. The highest BCUT2D eigenvalue weighted by Crippen LogP contribution is 2.24. The lowest BCUT2D eigenvalue weighted by Crippen LogP contribution is -2.33. The van der Waals surface area contributed by atoms with Crippen molar-refractivity contribution < 1.29 is 8.42 Å². The summed E-state index contributed by atoms with van der Waals surface area (Å²) in [4.78, 5) is 2.35. The summed E-state index contributed by atoms with van der Waals surface area (Å²) in [6.07, 6.45) is 6.83. The van der Waals surface area contributed by atoms with E-state index < -0.39 is 9.84 Å². The number of hydrogen-bond donors (Lipinski definition) is 1. The second-order valence-corrected chi connectivity index (χ2v) is 7.55. The van der Waals surface area contributed by atoms with Gasteiger partial charge in [0.2, 0.25) is 0 Å². The van der Waals surface area contributed by atoms with E-state index in [2.05, 4.69) is 17.3 Å². The zero-order valence-corrected chi connectivity index (χ0v) is 11.9. The average molecular weight is 262 g/mol. The number of hydrogen-bond acceptors (Lipinski definition) is 4. The molecule has 1 fully saturated rings. The highest BCUT2D eigenvalue weighted by atomic mass is 32.2. The molecule has 0 unspecified atom stereocenters. The lowest BCUT2D eigenvalue weighted by molar-refractivity contribution is 0.278. The molecule has 0 spiro atoms. The zero-order valence-electron chi connectivity index (χ0n) is 11.1. The molecule has 5 heteroatoms. The molecule has 1 aliphatic carbocycles. The Hall–Kier alpha value is -0.130. The third kappa shape index (κ3) is 7.73. The lowest BCUT2D eigenvalue weighted by atomic mass is 10.1. The molecule has 0 heterocycles. The largest absolute Gasteiger partial charge is 0.314 e. The molecule has 0 radical (unpaired) electrons. The second-order valence-electron chi connectivity index (χ2n) is 5.29. The first-order valence-electron chi connectivity index (χ1n) is 6.54. The van der Waals surface area contributed by atoms with Crippen molar-refractivity contribution in [3.8, 4) is 0 Å². The normalized spacial score (nSPS) is 18.1. The van der Waals surface area contributed by atoms with Gasteiger partial charge in [0.25, 0.3) is 0 Å². The van der Waals surface area contributed by atoms with Gasteiger partial charge < -0.3 is 10.2 Å². The highest BCUT2D eigenvalue weighted by molar-refractivity contribution is 7.90. The van der Waals surface area contributed by atoms with Crippen molar-refractivity contribution in [2.75, 3.05) is 45.2 Å². The summed E-state index contributed by atoms with van der Waals surface area (Å²) in [6.45, 7) is 3.63. The molecule has 1 saturated carbocycles. The fraction of sp³-hybridized carbons (Fsp3) is 1.00. The van der Waals surface area contributed by atoms with Crippen LogP contribution in [0.15, 0.2) is 0 Å². The second kappa shape index (κ2) is 7.34. The van der Waals surface area contributed by atoms with E-state index >= 15 is 0 Å². The van der Waals surface area contributed by atoms with Gasteiger partial charge in [-0.1, -0.05) is 12.8 Å². The Balaban J connectivity index is 1.98. The average Bonchev–Trinajstić information content (AvgIpc) is 2.68. The Morgan fingerprint density at radius 2 is 1.88 bits per heavy atom. The summed E-state index contributed by atoms with van der Waals surface area (Å²) in [5, 5.41) is 3.18. The molecule has 0 aromatic rings. The molecule has 0 aliphatic heterocycles. The third-order valence-corrected chi connectivity index (χ3v) is 4.31. The van der Waals surface area contributed by atoms with E-state index in [-0.39, 0.29) is 5.75 Å². The van der Waals surface area contributed by atoms with Gasteiger partial charge >= 0.3 is 0 Å². The van der Waals surface area contributed by atoms with Gasteiger partial charge in [-0.05, 0) is 25.8 Å². The molecule has 4 nitrogen and oxygen atoms in total. The summed E-state index contributed by atoms with van der Waals surface area (Å²) < 4.78 is 21.8. The number of sulfone groups is 1. The van der Waals surface area contributed by atoms with Crippen LogP contribution in [0.5, 0.6) is 0 Å². The molecule has 0 aromatic heterocycles. The van der Waals surface area contributed by atoms with Crippen LogP contribution in [-0.2, 0) is 9.84 Å². The van der Waals surface area contributed by atoms with E-state index in [0.29, 0.717) is 6.54 Å². The molecule has 0 saturated heterocycles. The van der Waals surface area contributed by atoms with Crippen LogP contribution in [0.3, 0.4) is 0 Å². The summed E-state index contributed by atoms with van der Waals surface area (Å²) in [5.74, 6) is 1.12. The molecule has 17 heavy (non-hydrogen) atoms. The van der Waals surface area contributed by atoms with Crippen LogP contribution in [0.4, 0.5) is 0 Å². The maximum absolute atomic E-state index is 10.9. The smallest absolute Gasteiger partial charge is 0.148 e. The Kier molecular flexibility index (Phi) is 6.44. The molecule has 1 rings (SSSR count). The lowest BCUT2D eigenvalue weighted by Gasteiger charge is -2.20. The van der Waals surface area contributed by atoms with Crippen molar-refractivity contribution in [3.63, 3.8) is 0 Å². The van der Waals surface area contributed by atoms with Crippen molar-refractivity contribution in [2.45, 2.75) is 25.7 Å². The molecule has 1 aliphatic rings. The monoisotopic (exact) mass is 262 g/mol. The van der Waals surface area contributed by atoms with Crippen LogP contribution < -0.4 is 5.32 Å². The van der Waals surface area contributed by atoms with E-state index in [1.54, 1.807) is 0 Å². The first kappa shape index (κ1) is 14.9. The predicted molar refractivity (Wildman–Crippen MR) is 72.0 cm³/mol. The van der Waals surface area contributed by atoms with Crippen LogP contribution in [0, 0.1) is 5.92 Å². The maximum Gasteiger partial charge on any atom is 0.148 e. The van der Waals surface area contributed by atoms with Crippen molar-refractivity contribution in [1.82, 2.24) is 10.2 Å².